The van der Waals surface area contributed by atoms with Crippen LogP contribution in [0.3, 0.4) is 0 Å². The van der Waals surface area contributed by atoms with Gasteiger partial charge in [0.05, 0.1) is 0 Å². The Morgan fingerprint density at radius 1 is 0.343 bits per heavy atom. The van der Waals surface area contributed by atoms with Crippen LogP contribution in [0.15, 0.2) is 65.2 Å². The van der Waals surface area contributed by atoms with Crippen molar-refractivity contribution < 1.29 is 27.4 Å². The van der Waals surface area contributed by atoms with Crippen LogP contribution < -0.4 is 0 Å². The first-order chi connectivity index (χ1) is 16.6. The molecule has 2 aliphatic carbocycles. The second-order valence-electron chi connectivity index (χ2n) is 9.24. The molecule has 2 nitrogen and oxygen atoms in total. The summed E-state index contributed by atoms with van der Waals surface area (Å²) in [7, 11) is 0. The van der Waals surface area contributed by atoms with E-state index >= 15 is 0 Å². The van der Waals surface area contributed by atoms with Crippen molar-refractivity contribution in [1.82, 2.24) is 0 Å². The van der Waals surface area contributed by atoms with E-state index in [0.717, 1.165) is 11.4 Å². The molecule has 0 heterocycles. The topological polar surface area (TPSA) is 24.7 Å². The van der Waals surface area contributed by atoms with Crippen molar-refractivity contribution in [3.8, 4) is 0 Å². The average Bonchev–Trinajstić information content (AvgIpc) is 3.16. The Morgan fingerprint density at radius 3 is 0.743 bits per heavy atom. The van der Waals surface area contributed by atoms with Crippen molar-refractivity contribution in [3.05, 3.63) is 120 Å². The Balaban J connectivity index is 0.000000192. The zero-order valence-corrected chi connectivity index (χ0v) is 27.3. The van der Waals surface area contributed by atoms with E-state index in [9.17, 15) is 0 Å². The predicted octanol–water partition coefficient (Wildman–Crippen LogP) is 10.0. The van der Waals surface area contributed by atoms with Crippen molar-refractivity contribution >= 4 is 11.4 Å². The molecule has 0 aromatic heterocycles. The summed E-state index contributed by atoms with van der Waals surface area (Å²) in [6.45, 7) is 22.0. The van der Waals surface area contributed by atoms with Crippen LogP contribution in [0, 0.1) is 86.6 Å². The molecule has 35 heavy (non-hydrogen) atoms. The van der Waals surface area contributed by atoms with Crippen molar-refractivity contribution in [2.75, 3.05) is 0 Å². The van der Waals surface area contributed by atoms with Crippen LogP contribution in [-0.4, -0.2) is 0 Å². The molecular formula is C32H40N2U+2. The van der Waals surface area contributed by atoms with Crippen molar-refractivity contribution in [2.24, 2.45) is 4.51 Å². The van der Waals surface area contributed by atoms with Gasteiger partial charge in [-0.05, 0) is 59.2 Å². The monoisotopic (exact) mass is 690 g/mol. The number of hydrogen-bond donors (Lipinski definition) is 0. The van der Waals surface area contributed by atoms with Gasteiger partial charge in [0.1, 0.15) is 0 Å². The number of rotatable bonds is 2. The third kappa shape index (κ3) is 8.57. The molecule has 0 spiro atoms. The number of hydrogen-bond acceptors (Lipinski definition) is 2. The third-order valence-corrected chi connectivity index (χ3v) is 10.5. The van der Waals surface area contributed by atoms with E-state index in [0.29, 0.717) is 0 Å². The molecule has 2 saturated carbocycles. The van der Waals surface area contributed by atoms with E-state index in [-0.39, 0.29) is 0 Å². The molecule has 3 heteroatoms. The fourth-order valence-corrected chi connectivity index (χ4v) is 6.37. The average molecular weight is 691 g/mol. The summed E-state index contributed by atoms with van der Waals surface area (Å²) in [6, 6.07) is 20.1. The van der Waals surface area contributed by atoms with E-state index in [2.05, 4.69) is 73.8 Å². The fraction of sp³-hybridized carbons (Fsp3) is 0.312. The Hall–Kier alpha value is -0.908. The van der Waals surface area contributed by atoms with E-state index in [1.165, 1.54) is 59.2 Å². The van der Waals surface area contributed by atoms with E-state index in [4.69, 9.17) is 0 Å². The fourth-order valence-electron chi connectivity index (χ4n) is 3.96. The van der Waals surface area contributed by atoms with Crippen molar-refractivity contribution in [3.63, 3.8) is 0 Å². The molecule has 0 saturated heterocycles. The van der Waals surface area contributed by atoms with Crippen LogP contribution in [0.2, 0.25) is 0 Å². The molecule has 0 unspecified atom stereocenters. The van der Waals surface area contributed by atoms with E-state index in [1.807, 2.05) is 60.7 Å². The van der Waals surface area contributed by atoms with Gasteiger partial charge in [0.25, 0.3) is 0 Å². The summed E-state index contributed by atoms with van der Waals surface area (Å²) in [4.78, 5) is 0. The van der Waals surface area contributed by atoms with Gasteiger partial charge in [-0.25, -0.2) is 0 Å². The quantitative estimate of drug-likeness (QED) is 0.300. The third-order valence-electron chi connectivity index (χ3n) is 7.50. The maximum absolute atomic E-state index is 4.54. The minimum absolute atomic E-state index is 1.06. The van der Waals surface area contributed by atoms with Gasteiger partial charge in [-0.2, -0.15) is 0 Å². The number of nitrogens with zero attached hydrogens (tertiary/aromatic N) is 2. The Kier molecular flexibility index (Phi) is 12.8. The van der Waals surface area contributed by atoms with Crippen LogP contribution in [-0.2, 0) is 0 Å². The molecule has 180 valence electrons. The van der Waals surface area contributed by atoms with Crippen LogP contribution in [0.1, 0.15) is 69.2 Å². The SMILES string of the molecule is C[C]1[C](C)[C](C)[C](C)[C]1C.C[C]1[C](C)[C](C)[C](C)[C]1C.c1ccc([N]=[U+2]=[N]c2ccccc2)cc1. The molecule has 2 aromatic carbocycles. The first kappa shape index (κ1) is 30.3. The molecule has 2 fully saturated rings. The summed E-state index contributed by atoms with van der Waals surface area (Å²) in [5.74, 6) is 14.7. The molecule has 0 amide bonds. The zero-order valence-electron chi connectivity index (χ0n) is 23.2. The molecule has 2 aromatic rings. The molecule has 0 N–H and O–H groups in total. The summed E-state index contributed by atoms with van der Waals surface area (Å²) in [5, 5.41) is 0. The van der Waals surface area contributed by atoms with Gasteiger partial charge >= 0.3 is 104 Å². The molecule has 0 aliphatic heterocycles. The minimum atomic E-state index is -1.35. The maximum atomic E-state index is 4.54. The summed E-state index contributed by atoms with van der Waals surface area (Å²) in [6.07, 6.45) is 0. The molecule has 0 atom stereocenters. The van der Waals surface area contributed by atoms with Crippen LogP contribution in [0.4, 0.5) is 11.4 Å². The van der Waals surface area contributed by atoms with Crippen molar-refractivity contribution in [1.29, 1.82) is 0 Å². The Labute approximate surface area is 231 Å². The van der Waals surface area contributed by atoms with Crippen LogP contribution >= 0.6 is 0 Å². The van der Waals surface area contributed by atoms with Gasteiger partial charge < -0.3 is 0 Å². The summed E-state index contributed by atoms with van der Waals surface area (Å²) >= 11 is -1.35. The second kappa shape index (κ2) is 14.7. The Bertz CT molecular complexity index is 758. The molecule has 0 bridgehead atoms. The van der Waals surface area contributed by atoms with Gasteiger partial charge in [0.15, 0.2) is 0 Å². The normalized spacial score (nSPS) is 20.2. The predicted molar refractivity (Wildman–Crippen MR) is 146 cm³/mol. The molecule has 2 aliphatic rings. The summed E-state index contributed by atoms with van der Waals surface area (Å²) < 4.78 is 9.09. The Morgan fingerprint density at radius 2 is 0.543 bits per heavy atom. The van der Waals surface area contributed by atoms with Gasteiger partial charge in [-0.15, -0.1) is 0 Å². The molecule has 4 rings (SSSR count). The number of benzene rings is 2. The van der Waals surface area contributed by atoms with E-state index in [1.54, 1.807) is 0 Å². The second-order valence-corrected chi connectivity index (χ2v) is 11.9. The van der Waals surface area contributed by atoms with Gasteiger partial charge in [-0.3, -0.25) is 0 Å². The molecule has 10 radical (unpaired) electrons. The van der Waals surface area contributed by atoms with Gasteiger partial charge in [-0.1, -0.05) is 69.2 Å². The summed E-state index contributed by atoms with van der Waals surface area (Å²) in [5.41, 5.74) is 2.13. The zero-order chi connectivity index (χ0) is 26.1. The van der Waals surface area contributed by atoms with Gasteiger partial charge in [0.2, 0.25) is 0 Å². The van der Waals surface area contributed by atoms with Crippen molar-refractivity contribution in [2.45, 2.75) is 69.2 Å². The standard InChI is InChI=1S/2C10H15.2C6H5N.U/c2*1-6-7(2)9(4)10(5)8(6)3;2*7-6-4-2-1-3-5-6;/h2*1-5H3;2*1-5H;/q;;;;+2. The van der Waals surface area contributed by atoms with Crippen LogP contribution in [0.25, 0.3) is 0 Å². The van der Waals surface area contributed by atoms with E-state index < -0.39 is 27.4 Å². The molecular weight excluding hydrogens is 650 g/mol. The van der Waals surface area contributed by atoms with Gasteiger partial charge in [0, 0.05) is 0 Å². The first-order valence-corrected chi connectivity index (χ1v) is 15.9. The van der Waals surface area contributed by atoms with Crippen LogP contribution in [0.5, 0.6) is 0 Å². The first-order valence-electron chi connectivity index (χ1n) is 12.2.